The zero-order valence-corrected chi connectivity index (χ0v) is 21.2. The molecule has 186 valence electrons. The molecule has 1 aliphatic heterocycles. The first-order valence-electron chi connectivity index (χ1n) is 12.5. The van der Waals surface area contributed by atoms with Crippen molar-refractivity contribution in [3.8, 4) is 0 Å². The van der Waals surface area contributed by atoms with Gasteiger partial charge in [0.1, 0.15) is 11.2 Å². The van der Waals surface area contributed by atoms with Gasteiger partial charge in [0.2, 0.25) is 11.8 Å². The van der Waals surface area contributed by atoms with Crippen LogP contribution in [0.3, 0.4) is 0 Å². The number of carbonyl (C=O) groups is 2. The number of amides is 2. The van der Waals surface area contributed by atoms with Gasteiger partial charge < -0.3 is 10.2 Å². The fourth-order valence-corrected chi connectivity index (χ4v) is 6.21. The summed E-state index contributed by atoms with van der Waals surface area (Å²) >= 11 is 1.32. The van der Waals surface area contributed by atoms with Crippen molar-refractivity contribution in [3.63, 3.8) is 0 Å². The first kappa shape index (κ1) is 24.7. The predicted octanol–water partition coefficient (Wildman–Crippen LogP) is 2.81. The van der Waals surface area contributed by atoms with Crippen LogP contribution < -0.4 is 16.6 Å². The van der Waals surface area contributed by atoms with Crippen molar-refractivity contribution in [2.45, 2.75) is 78.4 Å². The summed E-state index contributed by atoms with van der Waals surface area (Å²) in [6, 6.07) is 1.88. The molecule has 3 heterocycles. The predicted molar refractivity (Wildman–Crippen MR) is 134 cm³/mol. The van der Waals surface area contributed by atoms with Gasteiger partial charge in [-0.3, -0.25) is 23.5 Å². The fourth-order valence-electron chi connectivity index (χ4n) is 5.37. The van der Waals surface area contributed by atoms with Gasteiger partial charge in [0.05, 0.1) is 5.52 Å². The summed E-state index contributed by atoms with van der Waals surface area (Å²) in [4.78, 5) is 53.8. The van der Waals surface area contributed by atoms with E-state index in [0.717, 1.165) is 45.1 Å². The number of hydrogen-bond acceptors (Lipinski definition) is 5. The number of nitrogens with zero attached hydrogens (tertiary/aromatic N) is 3. The lowest BCUT2D eigenvalue weighted by atomic mass is 9.81. The summed E-state index contributed by atoms with van der Waals surface area (Å²) in [5, 5.41) is 4.79. The summed E-state index contributed by atoms with van der Waals surface area (Å²) in [7, 11) is 0. The third-order valence-electron chi connectivity index (χ3n) is 7.23. The van der Waals surface area contributed by atoms with E-state index >= 15 is 0 Å². The molecule has 0 bridgehead atoms. The third-order valence-corrected chi connectivity index (χ3v) is 8.12. The number of nitrogens with one attached hydrogen (secondary N) is 1. The Kier molecular flexibility index (Phi) is 7.60. The Balaban J connectivity index is 1.53. The molecule has 0 aromatic carbocycles. The minimum absolute atomic E-state index is 0.00337. The van der Waals surface area contributed by atoms with Gasteiger partial charge in [0.25, 0.3) is 5.56 Å². The monoisotopic (exact) mass is 488 g/mol. The topological polar surface area (TPSA) is 93.4 Å². The number of hydrogen-bond donors (Lipinski definition) is 1. The highest BCUT2D eigenvalue weighted by molar-refractivity contribution is 7.17. The number of likely N-dealkylation sites (tertiary alicyclic amines) is 1. The molecule has 1 aliphatic carbocycles. The smallest absolute Gasteiger partial charge is 0.332 e. The Morgan fingerprint density at radius 2 is 1.85 bits per heavy atom. The molecule has 2 amide bonds. The van der Waals surface area contributed by atoms with Gasteiger partial charge >= 0.3 is 5.69 Å². The maximum atomic E-state index is 13.4. The molecular formula is C25H36N4O4S. The lowest BCUT2D eigenvalue weighted by Crippen LogP contribution is -2.46. The van der Waals surface area contributed by atoms with Gasteiger partial charge in [0, 0.05) is 31.6 Å². The van der Waals surface area contributed by atoms with Crippen LogP contribution in [-0.4, -0.2) is 45.0 Å². The molecule has 2 fully saturated rings. The molecular weight excluding hydrogens is 452 g/mol. The van der Waals surface area contributed by atoms with E-state index in [0.29, 0.717) is 29.2 Å². The van der Waals surface area contributed by atoms with Crippen LogP contribution in [0.5, 0.6) is 0 Å². The molecule has 34 heavy (non-hydrogen) atoms. The van der Waals surface area contributed by atoms with Crippen molar-refractivity contribution >= 4 is 33.4 Å². The second kappa shape index (κ2) is 10.5. The van der Waals surface area contributed by atoms with Gasteiger partial charge in [-0.25, -0.2) is 4.79 Å². The van der Waals surface area contributed by atoms with E-state index in [1.165, 1.54) is 20.5 Å². The Morgan fingerprint density at radius 1 is 1.12 bits per heavy atom. The van der Waals surface area contributed by atoms with Crippen LogP contribution in [0.1, 0.15) is 59.3 Å². The Morgan fingerprint density at radius 3 is 2.53 bits per heavy atom. The summed E-state index contributed by atoms with van der Waals surface area (Å²) < 4.78 is 3.32. The van der Waals surface area contributed by atoms with Crippen molar-refractivity contribution in [2.24, 2.45) is 17.8 Å². The van der Waals surface area contributed by atoms with E-state index in [2.05, 4.69) is 12.2 Å². The van der Waals surface area contributed by atoms with Crippen molar-refractivity contribution in [2.75, 3.05) is 13.1 Å². The highest BCUT2D eigenvalue weighted by Crippen LogP contribution is 2.30. The second-order valence-corrected chi connectivity index (χ2v) is 11.3. The molecule has 1 atom stereocenters. The lowest BCUT2D eigenvalue weighted by molar-refractivity contribution is -0.133. The van der Waals surface area contributed by atoms with Crippen molar-refractivity contribution in [1.29, 1.82) is 0 Å². The standard InChI is InChI=1S/C25H36N4O4S/c1-16(2)26-23(31)19-8-6-18(7-9-19)14-29-24(32)22-20(10-12-34-22)28(25(29)33)15-21(30)27-11-4-5-17(3)13-27/h10,12,16-19H,4-9,11,13-15H2,1-3H3,(H,26,31)/t17-,18?,19?/m1/s1. The van der Waals surface area contributed by atoms with Crippen LogP contribution in [0.15, 0.2) is 21.0 Å². The van der Waals surface area contributed by atoms with Crippen LogP contribution in [-0.2, 0) is 22.7 Å². The SMILES string of the molecule is CC(C)NC(=O)C1CCC(Cn2c(=O)c3sccc3n(CC(=O)N3CCC[C@@H](C)C3)c2=O)CC1. The number of thiophene rings is 1. The van der Waals surface area contributed by atoms with Crippen molar-refractivity contribution in [1.82, 2.24) is 19.4 Å². The zero-order chi connectivity index (χ0) is 24.4. The zero-order valence-electron chi connectivity index (χ0n) is 20.4. The van der Waals surface area contributed by atoms with Crippen molar-refractivity contribution < 1.29 is 9.59 Å². The van der Waals surface area contributed by atoms with Crippen LogP contribution in [0.2, 0.25) is 0 Å². The first-order valence-corrected chi connectivity index (χ1v) is 13.4. The normalized spacial score (nSPS) is 23.4. The van der Waals surface area contributed by atoms with Crippen LogP contribution >= 0.6 is 11.3 Å². The molecule has 2 aliphatic rings. The molecule has 1 saturated heterocycles. The molecule has 9 heteroatoms. The van der Waals surface area contributed by atoms with Crippen molar-refractivity contribution in [3.05, 3.63) is 32.3 Å². The Labute approximate surface area is 203 Å². The van der Waals surface area contributed by atoms with E-state index in [1.807, 2.05) is 18.7 Å². The van der Waals surface area contributed by atoms with Gasteiger partial charge in [0.15, 0.2) is 0 Å². The summed E-state index contributed by atoms with van der Waals surface area (Å²) in [6.45, 7) is 7.78. The van der Waals surface area contributed by atoms with E-state index in [4.69, 9.17) is 0 Å². The van der Waals surface area contributed by atoms with E-state index < -0.39 is 5.69 Å². The average Bonchev–Trinajstić information content (AvgIpc) is 3.29. The van der Waals surface area contributed by atoms with Gasteiger partial charge in [-0.1, -0.05) is 6.92 Å². The maximum Gasteiger partial charge on any atom is 0.332 e. The van der Waals surface area contributed by atoms with Crippen LogP contribution in [0, 0.1) is 17.8 Å². The molecule has 8 nitrogen and oxygen atoms in total. The highest BCUT2D eigenvalue weighted by atomic mass is 32.1. The number of rotatable bonds is 6. The number of fused-ring (bicyclic) bond motifs is 1. The number of carbonyl (C=O) groups excluding carboxylic acids is 2. The first-order chi connectivity index (χ1) is 16.2. The average molecular weight is 489 g/mol. The molecule has 2 aromatic heterocycles. The minimum atomic E-state index is -0.408. The van der Waals surface area contributed by atoms with Gasteiger partial charge in [-0.2, -0.15) is 0 Å². The molecule has 1 N–H and O–H groups in total. The number of aromatic nitrogens is 2. The summed E-state index contributed by atoms with van der Waals surface area (Å²) in [6.07, 6.45) is 5.22. The summed E-state index contributed by atoms with van der Waals surface area (Å²) in [5.41, 5.74) is -0.136. The lowest BCUT2D eigenvalue weighted by Gasteiger charge is -2.31. The fraction of sp³-hybridized carbons (Fsp3) is 0.680. The maximum absolute atomic E-state index is 13.4. The largest absolute Gasteiger partial charge is 0.354 e. The quantitative estimate of drug-likeness (QED) is 0.677. The van der Waals surface area contributed by atoms with Gasteiger partial charge in [-0.05, 0) is 75.7 Å². The summed E-state index contributed by atoms with van der Waals surface area (Å²) in [5.74, 6) is 0.651. The highest BCUT2D eigenvalue weighted by Gasteiger charge is 2.28. The van der Waals surface area contributed by atoms with E-state index in [-0.39, 0.29) is 41.8 Å². The Bertz CT molecular complexity index is 1160. The van der Waals surface area contributed by atoms with Gasteiger partial charge in [-0.15, -0.1) is 11.3 Å². The second-order valence-electron chi connectivity index (χ2n) is 10.4. The molecule has 4 rings (SSSR count). The molecule has 0 spiro atoms. The van der Waals surface area contributed by atoms with E-state index in [9.17, 15) is 19.2 Å². The molecule has 1 saturated carbocycles. The number of piperidine rings is 1. The van der Waals surface area contributed by atoms with Crippen LogP contribution in [0.4, 0.5) is 0 Å². The van der Waals surface area contributed by atoms with Crippen LogP contribution in [0.25, 0.3) is 10.2 Å². The van der Waals surface area contributed by atoms with E-state index in [1.54, 1.807) is 11.4 Å². The Hall–Kier alpha value is -2.42. The third kappa shape index (κ3) is 5.29. The minimum Gasteiger partial charge on any atom is -0.354 e. The molecule has 0 unspecified atom stereocenters. The molecule has 2 aromatic rings. The molecule has 0 radical (unpaired) electrons.